The van der Waals surface area contributed by atoms with Gasteiger partial charge in [-0.15, -0.1) is 0 Å². The Morgan fingerprint density at radius 3 is 1.45 bits per heavy atom. The molecule has 0 radical (unpaired) electrons. The van der Waals surface area contributed by atoms with Crippen LogP contribution in [-0.2, 0) is 0 Å². The lowest BCUT2D eigenvalue weighted by Gasteiger charge is -2.39. The summed E-state index contributed by atoms with van der Waals surface area (Å²) in [7, 11) is 8.46. The molecule has 3 heterocycles. The standard InChI is InChI=1S/C14H18Br2N4/c1-17(2)13-11-5-9(15)8-20(11)14(18(3)4)12-6-10(16)7-19(12)13/h5-8,13-14H,1-4H3. The molecule has 2 aromatic rings. The molecule has 0 aliphatic carbocycles. The maximum absolute atomic E-state index is 3.62. The zero-order valence-corrected chi connectivity index (χ0v) is 15.2. The van der Waals surface area contributed by atoms with Gasteiger partial charge >= 0.3 is 0 Å². The second kappa shape index (κ2) is 5.02. The molecule has 0 amide bonds. The summed E-state index contributed by atoms with van der Waals surface area (Å²) in [5.41, 5.74) is 2.58. The second-order valence-electron chi connectivity index (χ2n) is 5.66. The maximum atomic E-state index is 3.62. The van der Waals surface area contributed by atoms with Gasteiger partial charge in [-0.3, -0.25) is 9.80 Å². The van der Waals surface area contributed by atoms with Crippen LogP contribution in [0.15, 0.2) is 33.5 Å². The minimum atomic E-state index is 0.207. The average Bonchev–Trinajstić information content (AvgIpc) is 2.85. The fourth-order valence-electron chi connectivity index (χ4n) is 3.07. The third kappa shape index (κ3) is 2.09. The molecule has 3 rings (SSSR count). The molecule has 0 bridgehead atoms. The van der Waals surface area contributed by atoms with Crippen LogP contribution in [0.4, 0.5) is 0 Å². The Balaban J connectivity index is 2.26. The number of rotatable bonds is 2. The number of hydrogen-bond acceptors (Lipinski definition) is 2. The van der Waals surface area contributed by atoms with E-state index in [1.165, 1.54) is 11.4 Å². The molecular formula is C14H18Br2N4. The first-order valence-electron chi connectivity index (χ1n) is 6.47. The smallest absolute Gasteiger partial charge is 0.127 e. The summed E-state index contributed by atoms with van der Waals surface area (Å²) in [6.45, 7) is 0. The van der Waals surface area contributed by atoms with Gasteiger partial charge in [0.25, 0.3) is 0 Å². The third-order valence-electron chi connectivity index (χ3n) is 3.73. The highest BCUT2D eigenvalue weighted by atomic mass is 79.9. The molecule has 6 heteroatoms. The van der Waals surface area contributed by atoms with Gasteiger partial charge in [-0.25, -0.2) is 0 Å². The monoisotopic (exact) mass is 400 g/mol. The van der Waals surface area contributed by atoms with Crippen LogP contribution < -0.4 is 0 Å². The van der Waals surface area contributed by atoms with Crippen molar-refractivity contribution < 1.29 is 0 Å². The zero-order chi connectivity index (χ0) is 14.6. The molecule has 2 unspecified atom stereocenters. The fourth-order valence-corrected chi connectivity index (χ4v) is 3.98. The Labute approximate surface area is 136 Å². The molecule has 2 aromatic heterocycles. The Hall–Kier alpha value is -0.560. The third-order valence-corrected chi connectivity index (χ3v) is 4.59. The highest BCUT2D eigenvalue weighted by Gasteiger charge is 2.34. The van der Waals surface area contributed by atoms with Crippen LogP contribution in [0.25, 0.3) is 0 Å². The molecule has 0 spiro atoms. The van der Waals surface area contributed by atoms with Crippen molar-refractivity contribution in [1.29, 1.82) is 0 Å². The van der Waals surface area contributed by atoms with Crippen molar-refractivity contribution in [3.63, 3.8) is 0 Å². The zero-order valence-electron chi connectivity index (χ0n) is 12.0. The molecule has 0 aromatic carbocycles. The molecule has 2 atom stereocenters. The SMILES string of the molecule is CN(C)C1c2cc(Br)cn2C(N(C)C)c2cc(Br)cn21. The normalized spacial score (nSPS) is 21.4. The summed E-state index contributed by atoms with van der Waals surface area (Å²) >= 11 is 7.23. The number of hydrogen-bond donors (Lipinski definition) is 0. The Morgan fingerprint density at radius 1 is 0.800 bits per heavy atom. The van der Waals surface area contributed by atoms with E-state index < -0.39 is 0 Å². The topological polar surface area (TPSA) is 16.3 Å². The van der Waals surface area contributed by atoms with Crippen molar-refractivity contribution in [3.05, 3.63) is 44.9 Å². The summed E-state index contributed by atoms with van der Waals surface area (Å²) in [6.07, 6.45) is 4.75. The summed E-state index contributed by atoms with van der Waals surface area (Å²) in [5, 5.41) is 0. The predicted molar refractivity (Wildman–Crippen MR) is 87.9 cm³/mol. The first kappa shape index (κ1) is 14.4. The van der Waals surface area contributed by atoms with Crippen molar-refractivity contribution >= 4 is 31.9 Å². The summed E-state index contributed by atoms with van der Waals surface area (Å²) in [5.74, 6) is 0. The van der Waals surface area contributed by atoms with Gasteiger partial charge in [0.15, 0.2) is 0 Å². The molecular weight excluding hydrogens is 384 g/mol. The lowest BCUT2D eigenvalue weighted by atomic mass is 10.2. The second-order valence-corrected chi connectivity index (χ2v) is 7.49. The summed E-state index contributed by atoms with van der Waals surface area (Å²) in [6, 6.07) is 4.41. The van der Waals surface area contributed by atoms with Gasteiger partial charge in [-0.2, -0.15) is 0 Å². The van der Waals surface area contributed by atoms with E-state index in [1.807, 2.05) is 0 Å². The summed E-state index contributed by atoms with van der Waals surface area (Å²) in [4.78, 5) is 4.47. The predicted octanol–water partition coefficient (Wildman–Crippen LogP) is 3.35. The molecule has 4 nitrogen and oxygen atoms in total. The van der Waals surface area contributed by atoms with E-state index >= 15 is 0 Å². The number of aromatic nitrogens is 2. The quantitative estimate of drug-likeness (QED) is 0.767. The molecule has 1 aliphatic rings. The first-order valence-corrected chi connectivity index (χ1v) is 8.06. The number of halogens is 2. The van der Waals surface area contributed by atoms with Gasteiger partial charge in [0.1, 0.15) is 12.3 Å². The van der Waals surface area contributed by atoms with E-state index in [1.54, 1.807) is 0 Å². The Kier molecular flexibility index (Phi) is 3.61. The molecule has 0 fully saturated rings. The van der Waals surface area contributed by atoms with Crippen LogP contribution in [-0.4, -0.2) is 47.1 Å². The highest BCUT2D eigenvalue weighted by molar-refractivity contribution is 9.10. The van der Waals surface area contributed by atoms with E-state index in [-0.39, 0.29) is 12.3 Å². The van der Waals surface area contributed by atoms with Crippen LogP contribution in [0.2, 0.25) is 0 Å². The highest BCUT2D eigenvalue weighted by Crippen LogP contribution is 2.39. The molecule has 1 aliphatic heterocycles. The van der Waals surface area contributed by atoms with Crippen LogP contribution in [0, 0.1) is 0 Å². The van der Waals surface area contributed by atoms with E-state index in [4.69, 9.17) is 0 Å². The average molecular weight is 402 g/mol. The van der Waals surface area contributed by atoms with Gasteiger partial charge in [-0.05, 0) is 72.2 Å². The lowest BCUT2D eigenvalue weighted by molar-refractivity contribution is 0.167. The maximum Gasteiger partial charge on any atom is 0.127 e. The molecule has 20 heavy (non-hydrogen) atoms. The molecule has 0 saturated heterocycles. The van der Waals surface area contributed by atoms with Crippen LogP contribution in [0.3, 0.4) is 0 Å². The van der Waals surface area contributed by atoms with E-state index in [9.17, 15) is 0 Å². The van der Waals surface area contributed by atoms with Gasteiger partial charge in [0.05, 0.1) is 11.4 Å². The van der Waals surface area contributed by atoms with Gasteiger partial charge in [0, 0.05) is 21.3 Å². The van der Waals surface area contributed by atoms with Crippen molar-refractivity contribution in [1.82, 2.24) is 18.9 Å². The number of nitrogens with zero attached hydrogens (tertiary/aromatic N) is 4. The first-order chi connectivity index (χ1) is 9.40. The molecule has 108 valence electrons. The minimum absolute atomic E-state index is 0.207. The van der Waals surface area contributed by atoms with Crippen molar-refractivity contribution in [2.75, 3.05) is 28.2 Å². The van der Waals surface area contributed by atoms with Gasteiger partial charge < -0.3 is 9.13 Å². The van der Waals surface area contributed by atoms with Crippen LogP contribution in [0.1, 0.15) is 23.7 Å². The fraction of sp³-hybridized carbons (Fsp3) is 0.429. The lowest BCUT2D eigenvalue weighted by Crippen LogP contribution is -2.40. The molecule has 0 saturated carbocycles. The molecule has 0 N–H and O–H groups in total. The number of fused-ring (bicyclic) bond motifs is 2. The largest absolute Gasteiger partial charge is 0.325 e. The van der Waals surface area contributed by atoms with Gasteiger partial charge in [0.2, 0.25) is 0 Å². The minimum Gasteiger partial charge on any atom is -0.325 e. The van der Waals surface area contributed by atoms with Crippen LogP contribution in [0.5, 0.6) is 0 Å². The summed E-state index contributed by atoms with van der Waals surface area (Å²) < 4.78 is 6.93. The van der Waals surface area contributed by atoms with Crippen molar-refractivity contribution in [2.24, 2.45) is 0 Å². The van der Waals surface area contributed by atoms with E-state index in [0.717, 1.165) is 8.95 Å². The Morgan fingerprint density at radius 2 is 1.15 bits per heavy atom. The van der Waals surface area contributed by atoms with Gasteiger partial charge in [-0.1, -0.05) is 0 Å². The van der Waals surface area contributed by atoms with E-state index in [2.05, 4.69) is 104 Å². The van der Waals surface area contributed by atoms with Crippen molar-refractivity contribution in [2.45, 2.75) is 12.3 Å². The van der Waals surface area contributed by atoms with E-state index in [0.29, 0.717) is 0 Å². The van der Waals surface area contributed by atoms with Crippen LogP contribution >= 0.6 is 31.9 Å². The van der Waals surface area contributed by atoms with Crippen molar-refractivity contribution in [3.8, 4) is 0 Å². The Bertz CT molecular complexity index is 542.